The van der Waals surface area contributed by atoms with Crippen molar-refractivity contribution in [2.45, 2.75) is 0 Å². The smallest absolute Gasteiger partial charge is 0.355 e. The second-order valence-corrected chi connectivity index (χ2v) is 4.95. The zero-order chi connectivity index (χ0) is 18.8. The fourth-order valence-electron chi connectivity index (χ4n) is 1.95. The SMILES string of the molecule is COC(=O)/C(=C/Nc1ccc(OC)cc1)N/C=C(/C#N)c1ccccn1. The van der Waals surface area contributed by atoms with Crippen LogP contribution in [0.3, 0.4) is 0 Å². The second-order valence-electron chi connectivity index (χ2n) is 4.95. The van der Waals surface area contributed by atoms with Crippen molar-refractivity contribution in [1.29, 1.82) is 5.26 Å². The lowest BCUT2D eigenvalue weighted by molar-refractivity contribution is -0.136. The first kappa shape index (κ1) is 18.5. The number of benzene rings is 1. The normalized spacial score (nSPS) is 11.3. The van der Waals surface area contributed by atoms with E-state index >= 15 is 0 Å². The van der Waals surface area contributed by atoms with Crippen LogP contribution >= 0.6 is 0 Å². The number of hydrogen-bond donors (Lipinski definition) is 2. The molecule has 0 fully saturated rings. The Morgan fingerprint density at radius 3 is 2.50 bits per heavy atom. The van der Waals surface area contributed by atoms with Crippen molar-refractivity contribution < 1.29 is 14.3 Å². The molecule has 0 aliphatic carbocycles. The summed E-state index contributed by atoms with van der Waals surface area (Å²) < 4.78 is 9.85. The van der Waals surface area contributed by atoms with E-state index in [1.807, 2.05) is 6.07 Å². The van der Waals surface area contributed by atoms with Crippen LogP contribution in [0, 0.1) is 11.3 Å². The number of carbonyl (C=O) groups excluding carboxylic acids is 1. The first-order valence-electron chi connectivity index (χ1n) is 7.65. The molecule has 2 rings (SSSR count). The van der Waals surface area contributed by atoms with Gasteiger partial charge in [-0.15, -0.1) is 0 Å². The number of esters is 1. The number of carbonyl (C=O) groups is 1. The van der Waals surface area contributed by atoms with E-state index in [4.69, 9.17) is 9.47 Å². The zero-order valence-electron chi connectivity index (χ0n) is 14.4. The Labute approximate surface area is 151 Å². The molecule has 0 spiro atoms. The van der Waals surface area contributed by atoms with E-state index in [1.54, 1.807) is 55.8 Å². The molecule has 2 N–H and O–H groups in total. The molecular weight excluding hydrogens is 332 g/mol. The van der Waals surface area contributed by atoms with E-state index in [-0.39, 0.29) is 11.3 Å². The van der Waals surface area contributed by atoms with Gasteiger partial charge < -0.3 is 20.1 Å². The van der Waals surface area contributed by atoms with Crippen LogP contribution in [-0.4, -0.2) is 25.2 Å². The maximum Gasteiger partial charge on any atom is 0.355 e. The van der Waals surface area contributed by atoms with Gasteiger partial charge in [0, 0.05) is 24.3 Å². The highest BCUT2D eigenvalue weighted by Crippen LogP contribution is 2.15. The lowest BCUT2D eigenvalue weighted by Gasteiger charge is -2.08. The van der Waals surface area contributed by atoms with E-state index in [0.29, 0.717) is 5.69 Å². The third kappa shape index (κ3) is 5.11. The van der Waals surface area contributed by atoms with E-state index in [9.17, 15) is 10.1 Å². The predicted octanol–water partition coefficient (Wildman–Crippen LogP) is 2.67. The summed E-state index contributed by atoms with van der Waals surface area (Å²) in [7, 11) is 2.86. The molecule has 0 saturated carbocycles. The molecule has 0 saturated heterocycles. The van der Waals surface area contributed by atoms with E-state index in [2.05, 4.69) is 15.6 Å². The zero-order valence-corrected chi connectivity index (χ0v) is 14.4. The Morgan fingerprint density at radius 2 is 1.92 bits per heavy atom. The van der Waals surface area contributed by atoms with Gasteiger partial charge >= 0.3 is 5.97 Å². The fraction of sp³-hybridized carbons (Fsp3) is 0.105. The minimum Gasteiger partial charge on any atom is -0.497 e. The third-order valence-electron chi connectivity index (χ3n) is 3.31. The molecule has 26 heavy (non-hydrogen) atoms. The molecule has 1 aromatic heterocycles. The molecule has 0 bridgehead atoms. The number of hydrogen-bond acceptors (Lipinski definition) is 7. The number of rotatable bonds is 7. The largest absolute Gasteiger partial charge is 0.497 e. The number of aromatic nitrogens is 1. The van der Waals surface area contributed by atoms with Crippen LogP contribution in [0.5, 0.6) is 5.75 Å². The van der Waals surface area contributed by atoms with Gasteiger partial charge in [0.2, 0.25) is 0 Å². The Balaban J connectivity index is 2.17. The molecule has 0 aliphatic heterocycles. The number of methoxy groups -OCH3 is 2. The summed E-state index contributed by atoms with van der Waals surface area (Å²) >= 11 is 0. The average Bonchev–Trinajstić information content (AvgIpc) is 2.71. The van der Waals surface area contributed by atoms with Gasteiger partial charge in [-0.3, -0.25) is 4.98 Å². The highest BCUT2D eigenvalue weighted by molar-refractivity contribution is 5.89. The van der Waals surface area contributed by atoms with Gasteiger partial charge in [0.25, 0.3) is 0 Å². The van der Waals surface area contributed by atoms with Crippen molar-refractivity contribution >= 4 is 17.2 Å². The van der Waals surface area contributed by atoms with Gasteiger partial charge in [-0.05, 0) is 36.4 Å². The standard InChI is InChI=1S/C19H18N4O3/c1-25-16-8-6-15(7-9-16)22-13-18(19(24)26-2)23-12-14(11-20)17-5-3-4-10-21-17/h3-10,12-13,22-23H,1-2H3/b14-12-,18-13-. The number of nitriles is 1. The molecular formula is C19H18N4O3. The fourth-order valence-corrected chi connectivity index (χ4v) is 1.95. The van der Waals surface area contributed by atoms with Crippen molar-refractivity contribution in [3.8, 4) is 11.8 Å². The Bertz CT molecular complexity index is 837. The minimum atomic E-state index is -0.583. The summed E-state index contributed by atoms with van der Waals surface area (Å²) in [4.78, 5) is 16.0. The van der Waals surface area contributed by atoms with Crippen LogP contribution in [-0.2, 0) is 9.53 Å². The summed E-state index contributed by atoms with van der Waals surface area (Å²) in [6.07, 6.45) is 4.45. The number of anilines is 1. The van der Waals surface area contributed by atoms with Gasteiger partial charge in [0.15, 0.2) is 0 Å². The average molecular weight is 350 g/mol. The van der Waals surface area contributed by atoms with Crippen molar-refractivity contribution in [3.63, 3.8) is 0 Å². The Hall–Kier alpha value is -3.79. The summed E-state index contributed by atoms with van der Waals surface area (Å²) in [5.74, 6) is 0.142. The first-order chi connectivity index (χ1) is 12.7. The van der Waals surface area contributed by atoms with Crippen LogP contribution < -0.4 is 15.4 Å². The first-order valence-corrected chi connectivity index (χ1v) is 7.65. The molecule has 0 amide bonds. The van der Waals surface area contributed by atoms with Gasteiger partial charge in [0.1, 0.15) is 17.5 Å². The number of pyridine rings is 1. The number of ether oxygens (including phenoxy) is 2. The molecule has 2 aromatic rings. The molecule has 7 heteroatoms. The maximum absolute atomic E-state index is 11.9. The molecule has 1 heterocycles. The maximum atomic E-state index is 11.9. The third-order valence-corrected chi connectivity index (χ3v) is 3.31. The van der Waals surface area contributed by atoms with Crippen molar-refractivity contribution in [1.82, 2.24) is 10.3 Å². The quantitative estimate of drug-likeness (QED) is 0.450. The van der Waals surface area contributed by atoms with Crippen LogP contribution in [0.4, 0.5) is 5.69 Å². The molecule has 7 nitrogen and oxygen atoms in total. The monoisotopic (exact) mass is 350 g/mol. The van der Waals surface area contributed by atoms with Crippen molar-refractivity contribution in [2.24, 2.45) is 0 Å². The summed E-state index contributed by atoms with van der Waals surface area (Å²) in [5, 5.41) is 15.1. The Morgan fingerprint density at radius 1 is 1.15 bits per heavy atom. The van der Waals surface area contributed by atoms with Gasteiger partial charge in [-0.25, -0.2) is 4.79 Å². The highest BCUT2D eigenvalue weighted by atomic mass is 16.5. The van der Waals surface area contributed by atoms with Gasteiger partial charge in [-0.1, -0.05) is 6.07 Å². The Kier molecular flexibility index (Phi) is 6.77. The van der Waals surface area contributed by atoms with Crippen molar-refractivity contribution in [2.75, 3.05) is 19.5 Å². The molecule has 0 aliphatic rings. The molecule has 1 aromatic carbocycles. The predicted molar refractivity (Wildman–Crippen MR) is 97.7 cm³/mol. The van der Waals surface area contributed by atoms with E-state index in [0.717, 1.165) is 11.4 Å². The number of allylic oxidation sites excluding steroid dienone is 1. The van der Waals surface area contributed by atoms with Gasteiger partial charge in [0.05, 0.1) is 25.5 Å². The summed E-state index contributed by atoms with van der Waals surface area (Å²) in [6.45, 7) is 0. The van der Waals surface area contributed by atoms with E-state index in [1.165, 1.54) is 19.5 Å². The minimum absolute atomic E-state index is 0.131. The molecule has 0 radical (unpaired) electrons. The molecule has 0 unspecified atom stereocenters. The molecule has 0 atom stereocenters. The molecule has 132 valence electrons. The van der Waals surface area contributed by atoms with Crippen LogP contribution in [0.25, 0.3) is 5.57 Å². The van der Waals surface area contributed by atoms with Crippen LogP contribution in [0.1, 0.15) is 5.69 Å². The lowest BCUT2D eigenvalue weighted by atomic mass is 10.2. The van der Waals surface area contributed by atoms with E-state index < -0.39 is 5.97 Å². The summed E-state index contributed by atoms with van der Waals surface area (Å²) in [5.41, 5.74) is 1.66. The highest BCUT2D eigenvalue weighted by Gasteiger charge is 2.09. The second kappa shape index (κ2) is 9.49. The van der Waals surface area contributed by atoms with Crippen LogP contribution in [0.2, 0.25) is 0 Å². The topological polar surface area (TPSA) is 96.3 Å². The lowest BCUT2D eigenvalue weighted by Crippen LogP contribution is -2.18. The van der Waals surface area contributed by atoms with Crippen molar-refractivity contribution in [3.05, 3.63) is 72.5 Å². The van der Waals surface area contributed by atoms with Crippen LogP contribution in [0.15, 0.2) is 66.8 Å². The number of nitrogens with one attached hydrogen (secondary N) is 2. The number of nitrogens with zero attached hydrogens (tertiary/aromatic N) is 2. The van der Waals surface area contributed by atoms with Gasteiger partial charge in [-0.2, -0.15) is 5.26 Å². The summed E-state index contributed by atoms with van der Waals surface area (Å²) in [6, 6.07) is 14.4.